The molecule has 1 aromatic heterocycles. The van der Waals surface area contributed by atoms with Crippen molar-refractivity contribution >= 4 is 5.91 Å². The number of nitrogens with one attached hydrogen (secondary N) is 1. The highest BCUT2D eigenvalue weighted by Crippen LogP contribution is 2.12. The molecule has 96 valence electrons. The SMILES string of the molecule is CCCCCN(C)Cc1ccoc1C(=O)NN. The largest absolute Gasteiger partial charge is 0.459 e. The fourth-order valence-corrected chi connectivity index (χ4v) is 1.73. The minimum absolute atomic E-state index is 0.301. The third-order valence-electron chi connectivity index (χ3n) is 2.67. The van der Waals surface area contributed by atoms with Crippen LogP contribution in [0.2, 0.25) is 0 Å². The van der Waals surface area contributed by atoms with Crippen molar-refractivity contribution in [3.05, 3.63) is 23.7 Å². The zero-order chi connectivity index (χ0) is 12.7. The maximum atomic E-state index is 11.4. The summed E-state index contributed by atoms with van der Waals surface area (Å²) >= 11 is 0. The second-order valence-corrected chi connectivity index (χ2v) is 4.19. The van der Waals surface area contributed by atoms with Gasteiger partial charge in [-0.15, -0.1) is 0 Å². The van der Waals surface area contributed by atoms with E-state index in [-0.39, 0.29) is 5.91 Å². The fraction of sp³-hybridized carbons (Fsp3) is 0.583. The van der Waals surface area contributed by atoms with Gasteiger partial charge in [0.05, 0.1) is 6.26 Å². The first-order valence-electron chi connectivity index (χ1n) is 5.94. The van der Waals surface area contributed by atoms with E-state index in [9.17, 15) is 4.79 Å². The number of hydrazine groups is 1. The van der Waals surface area contributed by atoms with E-state index in [0.717, 1.165) is 12.1 Å². The first-order valence-corrected chi connectivity index (χ1v) is 5.94. The quantitative estimate of drug-likeness (QED) is 0.327. The van der Waals surface area contributed by atoms with Gasteiger partial charge >= 0.3 is 5.91 Å². The molecule has 0 saturated carbocycles. The topological polar surface area (TPSA) is 71.5 Å². The molecular weight excluding hydrogens is 218 g/mol. The number of nitrogens with zero attached hydrogens (tertiary/aromatic N) is 1. The van der Waals surface area contributed by atoms with Gasteiger partial charge in [-0.3, -0.25) is 10.2 Å². The maximum absolute atomic E-state index is 11.4. The van der Waals surface area contributed by atoms with Crippen molar-refractivity contribution in [2.75, 3.05) is 13.6 Å². The maximum Gasteiger partial charge on any atom is 0.301 e. The van der Waals surface area contributed by atoms with Crippen LogP contribution in [0.5, 0.6) is 0 Å². The smallest absolute Gasteiger partial charge is 0.301 e. The van der Waals surface area contributed by atoms with Crippen LogP contribution in [-0.4, -0.2) is 24.4 Å². The summed E-state index contributed by atoms with van der Waals surface area (Å²) in [4.78, 5) is 13.6. The number of rotatable bonds is 7. The van der Waals surface area contributed by atoms with Crippen LogP contribution in [0, 0.1) is 0 Å². The zero-order valence-electron chi connectivity index (χ0n) is 10.5. The molecule has 0 aromatic carbocycles. The lowest BCUT2D eigenvalue weighted by atomic mass is 10.2. The van der Waals surface area contributed by atoms with Crippen LogP contribution in [0.25, 0.3) is 0 Å². The predicted octanol–water partition coefficient (Wildman–Crippen LogP) is 1.51. The number of carbonyl (C=O) groups is 1. The number of amides is 1. The molecule has 0 aliphatic heterocycles. The van der Waals surface area contributed by atoms with E-state index in [2.05, 4.69) is 17.2 Å². The Morgan fingerprint density at radius 3 is 2.94 bits per heavy atom. The minimum atomic E-state index is -0.382. The van der Waals surface area contributed by atoms with Crippen molar-refractivity contribution in [2.24, 2.45) is 5.84 Å². The van der Waals surface area contributed by atoms with Crippen LogP contribution < -0.4 is 11.3 Å². The second-order valence-electron chi connectivity index (χ2n) is 4.19. The van der Waals surface area contributed by atoms with E-state index < -0.39 is 0 Å². The molecule has 0 radical (unpaired) electrons. The third kappa shape index (κ3) is 4.20. The average Bonchev–Trinajstić information content (AvgIpc) is 2.76. The van der Waals surface area contributed by atoms with Crippen LogP contribution in [-0.2, 0) is 6.54 Å². The molecule has 0 aliphatic rings. The number of unbranched alkanes of at least 4 members (excludes halogenated alkanes) is 2. The third-order valence-corrected chi connectivity index (χ3v) is 2.67. The van der Waals surface area contributed by atoms with Gasteiger partial charge in [0.15, 0.2) is 5.76 Å². The van der Waals surface area contributed by atoms with E-state index >= 15 is 0 Å². The van der Waals surface area contributed by atoms with Crippen molar-refractivity contribution < 1.29 is 9.21 Å². The van der Waals surface area contributed by atoms with Crippen molar-refractivity contribution in [1.82, 2.24) is 10.3 Å². The Morgan fingerprint density at radius 2 is 2.29 bits per heavy atom. The monoisotopic (exact) mass is 239 g/mol. The number of carbonyl (C=O) groups excluding carboxylic acids is 1. The van der Waals surface area contributed by atoms with Crippen LogP contribution >= 0.6 is 0 Å². The second kappa shape index (κ2) is 7.09. The molecule has 1 aromatic rings. The molecule has 5 heteroatoms. The van der Waals surface area contributed by atoms with E-state index in [1.54, 1.807) is 6.07 Å². The summed E-state index contributed by atoms with van der Waals surface area (Å²) < 4.78 is 5.13. The van der Waals surface area contributed by atoms with Gasteiger partial charge in [-0.1, -0.05) is 19.8 Å². The summed E-state index contributed by atoms with van der Waals surface area (Å²) in [5, 5.41) is 0. The van der Waals surface area contributed by atoms with Gasteiger partial charge in [0.1, 0.15) is 0 Å². The van der Waals surface area contributed by atoms with E-state index in [1.807, 2.05) is 7.05 Å². The van der Waals surface area contributed by atoms with E-state index in [4.69, 9.17) is 10.3 Å². The molecule has 1 heterocycles. The molecule has 0 spiro atoms. The minimum Gasteiger partial charge on any atom is -0.459 e. The lowest BCUT2D eigenvalue weighted by molar-refractivity contribution is 0.0923. The normalized spacial score (nSPS) is 10.8. The molecule has 0 unspecified atom stereocenters. The van der Waals surface area contributed by atoms with Gasteiger partial charge in [-0.2, -0.15) is 0 Å². The molecule has 0 bridgehead atoms. The Labute approximate surface area is 102 Å². The van der Waals surface area contributed by atoms with Gasteiger partial charge in [0.25, 0.3) is 0 Å². The fourth-order valence-electron chi connectivity index (χ4n) is 1.73. The van der Waals surface area contributed by atoms with Crippen molar-refractivity contribution in [3.8, 4) is 0 Å². The highest BCUT2D eigenvalue weighted by Gasteiger charge is 2.15. The number of hydrogen-bond donors (Lipinski definition) is 2. The molecule has 3 N–H and O–H groups in total. The van der Waals surface area contributed by atoms with Crippen molar-refractivity contribution in [2.45, 2.75) is 32.7 Å². The highest BCUT2D eigenvalue weighted by atomic mass is 16.3. The number of furan rings is 1. The summed E-state index contributed by atoms with van der Waals surface area (Å²) in [6, 6.07) is 1.81. The van der Waals surface area contributed by atoms with Gasteiger partial charge in [0.2, 0.25) is 0 Å². The summed E-state index contributed by atoms with van der Waals surface area (Å²) in [6.07, 6.45) is 5.12. The summed E-state index contributed by atoms with van der Waals surface area (Å²) in [7, 11) is 2.03. The number of nitrogens with two attached hydrogens (primary N) is 1. The van der Waals surface area contributed by atoms with E-state index in [1.165, 1.54) is 25.5 Å². The average molecular weight is 239 g/mol. The van der Waals surface area contributed by atoms with E-state index in [0.29, 0.717) is 12.3 Å². The van der Waals surface area contributed by atoms with Gasteiger partial charge in [-0.05, 0) is 26.1 Å². The van der Waals surface area contributed by atoms with Crippen LogP contribution in [0.15, 0.2) is 16.7 Å². The molecular formula is C12H21N3O2. The Bertz CT molecular complexity index is 349. The Balaban J connectivity index is 2.50. The Kier molecular flexibility index (Phi) is 5.72. The van der Waals surface area contributed by atoms with Crippen LogP contribution in [0.4, 0.5) is 0 Å². The van der Waals surface area contributed by atoms with Crippen LogP contribution in [0.3, 0.4) is 0 Å². The first-order chi connectivity index (χ1) is 8.19. The van der Waals surface area contributed by atoms with Crippen molar-refractivity contribution in [1.29, 1.82) is 0 Å². The van der Waals surface area contributed by atoms with Gasteiger partial charge in [0, 0.05) is 12.1 Å². The highest BCUT2D eigenvalue weighted by molar-refractivity contribution is 5.92. The summed E-state index contributed by atoms with van der Waals surface area (Å²) in [5.74, 6) is 5.01. The summed E-state index contributed by atoms with van der Waals surface area (Å²) in [5.41, 5.74) is 2.95. The lowest BCUT2D eigenvalue weighted by Crippen LogP contribution is -2.31. The molecule has 5 nitrogen and oxygen atoms in total. The van der Waals surface area contributed by atoms with Gasteiger partial charge in [-0.25, -0.2) is 5.84 Å². The number of hydrogen-bond acceptors (Lipinski definition) is 4. The summed E-state index contributed by atoms with van der Waals surface area (Å²) in [6.45, 7) is 3.89. The molecule has 0 fully saturated rings. The lowest BCUT2D eigenvalue weighted by Gasteiger charge is -2.15. The predicted molar refractivity (Wildman–Crippen MR) is 66.2 cm³/mol. The molecule has 1 amide bonds. The first kappa shape index (κ1) is 13.7. The standard InChI is InChI=1S/C12H21N3O2/c1-3-4-5-7-15(2)9-10-6-8-17-11(10)12(16)14-13/h6,8H,3-5,7,9,13H2,1-2H3,(H,14,16). The molecule has 1 rings (SSSR count). The molecule has 0 saturated heterocycles. The molecule has 0 atom stereocenters. The number of nitrogen functional groups attached to an aromatic ring is 1. The Morgan fingerprint density at radius 1 is 1.53 bits per heavy atom. The van der Waals surface area contributed by atoms with Crippen LogP contribution in [0.1, 0.15) is 42.3 Å². The molecule has 0 aliphatic carbocycles. The van der Waals surface area contributed by atoms with Crippen molar-refractivity contribution in [3.63, 3.8) is 0 Å². The van der Waals surface area contributed by atoms with Gasteiger partial charge < -0.3 is 9.32 Å². The molecule has 17 heavy (non-hydrogen) atoms. The zero-order valence-corrected chi connectivity index (χ0v) is 10.5. The Hall–Kier alpha value is -1.33.